The molecule has 0 aromatic rings. The third kappa shape index (κ3) is 42.8. The van der Waals surface area contributed by atoms with Gasteiger partial charge in [-0.1, -0.05) is 0 Å². The van der Waals surface area contributed by atoms with E-state index in [-0.39, 0.29) is 27.3 Å². The molecule has 0 saturated carbocycles. The molecule has 4 heavy (non-hydrogen) atoms. The maximum absolute atomic E-state index is 7.08. The van der Waals surface area contributed by atoms with E-state index in [1.54, 1.807) is 0 Å². The van der Waals surface area contributed by atoms with Crippen LogP contribution in [0, 0.1) is 0 Å². The zero-order chi connectivity index (χ0) is 2.71. The Morgan fingerprint density at radius 2 is 1.75 bits per heavy atom. The van der Waals surface area contributed by atoms with Gasteiger partial charge in [0.25, 0.3) is 0 Å². The molecule has 0 N–H and O–H groups in total. The Bertz CT molecular complexity index is 27.0. The molecular formula is CH4N2Pb. The Morgan fingerprint density at radius 3 is 1.75 bits per heavy atom. The van der Waals surface area contributed by atoms with E-state index >= 15 is 0 Å². The first-order valence-corrected chi connectivity index (χ1v) is 0.516. The van der Waals surface area contributed by atoms with Crippen LogP contribution >= 0.6 is 0 Å². The molecule has 0 heterocycles. The average molecular weight is 251 g/mol. The molecule has 0 rings (SSSR count). The normalized spacial score (nSPS) is 2.00. The predicted octanol–water partition coefficient (Wildman–Crippen LogP) is -0.999. The molecule has 0 atom stereocenters. The van der Waals surface area contributed by atoms with Crippen molar-refractivity contribution in [1.29, 1.82) is 0 Å². The van der Waals surface area contributed by atoms with E-state index in [0.717, 1.165) is 0 Å². The molecule has 0 aliphatic carbocycles. The zero-order valence-electron chi connectivity index (χ0n) is 2.31. The van der Waals surface area contributed by atoms with E-state index in [9.17, 15) is 0 Å². The second kappa shape index (κ2) is 10.3. The summed E-state index contributed by atoms with van der Waals surface area (Å²) in [6, 6.07) is 0. The summed E-state index contributed by atoms with van der Waals surface area (Å²) in [6.45, 7) is 2.67. The molecule has 0 fully saturated rings. The minimum absolute atomic E-state index is 0. The van der Waals surface area contributed by atoms with Crippen molar-refractivity contribution >= 4 is 34.0 Å². The Morgan fingerprint density at radius 1 is 1.75 bits per heavy atom. The van der Waals surface area contributed by atoms with Crippen molar-refractivity contribution < 1.29 is 4.79 Å². The van der Waals surface area contributed by atoms with Gasteiger partial charge in [-0.2, -0.15) is 4.79 Å². The summed E-state index contributed by atoms with van der Waals surface area (Å²) < 4.78 is 0. The first kappa shape index (κ1) is 8.85. The Kier molecular flexibility index (Phi) is 22.8. The number of hydrogen-bond donors (Lipinski definition) is 0. The van der Waals surface area contributed by atoms with Crippen LogP contribution in [0.3, 0.4) is 0 Å². The second-order valence-corrected chi connectivity index (χ2v) is 0.141. The molecule has 0 aromatic carbocycles. The van der Waals surface area contributed by atoms with Gasteiger partial charge >= 0.3 is 27.3 Å². The van der Waals surface area contributed by atoms with Crippen LogP contribution in [0.2, 0.25) is 0 Å². The Balaban J connectivity index is 0. The van der Waals surface area contributed by atoms with Crippen LogP contribution in [0.1, 0.15) is 0 Å². The first-order chi connectivity index (χ1) is 1.41. The van der Waals surface area contributed by atoms with Gasteiger partial charge in [0.05, 0.1) is 0 Å². The standard InChI is InChI=1S/CH2N2.Pb.2H/c1-3-2;;;/h1H2;;;. The molecule has 2 radical (unpaired) electrons. The van der Waals surface area contributed by atoms with Crippen molar-refractivity contribution in [3.8, 4) is 0 Å². The number of nitrogens with zero attached hydrogens (tertiary/aromatic N) is 2. The molecule has 3 heteroatoms. The van der Waals surface area contributed by atoms with E-state index < -0.39 is 0 Å². The second-order valence-electron chi connectivity index (χ2n) is 0.141. The van der Waals surface area contributed by atoms with Gasteiger partial charge in [-0.15, -0.1) is 0 Å². The van der Waals surface area contributed by atoms with Crippen molar-refractivity contribution in [3.63, 3.8) is 0 Å². The van der Waals surface area contributed by atoms with E-state index in [1.807, 2.05) is 0 Å². The van der Waals surface area contributed by atoms with Crippen molar-refractivity contribution in [2.24, 2.45) is 0 Å². The maximum atomic E-state index is 7.08. The van der Waals surface area contributed by atoms with Crippen LogP contribution in [0.5, 0.6) is 0 Å². The molecule has 0 unspecified atom stereocenters. The summed E-state index contributed by atoms with van der Waals surface area (Å²) in [5, 5.41) is 0. The summed E-state index contributed by atoms with van der Waals surface area (Å²) >= 11 is 0. The summed E-state index contributed by atoms with van der Waals surface area (Å²) in [6.07, 6.45) is 0. The number of rotatable bonds is 0. The third-order valence-corrected chi connectivity index (χ3v) is 0. The van der Waals surface area contributed by atoms with E-state index in [1.165, 1.54) is 0 Å². The van der Waals surface area contributed by atoms with Crippen molar-refractivity contribution in [1.82, 2.24) is 0 Å². The molecule has 0 spiro atoms. The predicted molar refractivity (Wildman–Crippen MR) is 19.3 cm³/mol. The van der Waals surface area contributed by atoms with Gasteiger partial charge < -0.3 is 5.53 Å². The van der Waals surface area contributed by atoms with E-state index in [2.05, 4.69) is 11.5 Å². The molecule has 0 bridgehead atoms. The van der Waals surface area contributed by atoms with E-state index in [0.29, 0.717) is 0 Å². The summed E-state index contributed by atoms with van der Waals surface area (Å²) in [5.41, 5.74) is 7.08. The van der Waals surface area contributed by atoms with E-state index in [4.69, 9.17) is 5.53 Å². The fourth-order valence-corrected chi connectivity index (χ4v) is 0. The van der Waals surface area contributed by atoms with Gasteiger partial charge in [-0.25, -0.2) is 0 Å². The van der Waals surface area contributed by atoms with Crippen LogP contribution in [0.15, 0.2) is 0 Å². The molecule has 0 aliphatic heterocycles. The summed E-state index contributed by atoms with van der Waals surface area (Å²) in [4.78, 5) is 2.25. The third-order valence-electron chi connectivity index (χ3n) is 0. The molecule has 0 aliphatic rings. The van der Waals surface area contributed by atoms with Gasteiger partial charge in [-0.05, 0) is 0 Å². The Hall–Kier alpha value is 0.302. The van der Waals surface area contributed by atoms with Gasteiger partial charge in [0, 0.05) is 0 Å². The van der Waals surface area contributed by atoms with Crippen LogP contribution < -0.4 is 0 Å². The zero-order valence-corrected chi connectivity index (χ0v) is 7.81. The molecule has 22 valence electrons. The topological polar surface area (TPSA) is 36.4 Å². The van der Waals surface area contributed by atoms with Gasteiger partial charge in [0.2, 0.25) is 6.72 Å². The number of hydrogen-bond acceptors (Lipinski definition) is 0. The van der Waals surface area contributed by atoms with Gasteiger partial charge in [0.1, 0.15) is 0 Å². The summed E-state index contributed by atoms with van der Waals surface area (Å²) in [5.74, 6) is 0. The van der Waals surface area contributed by atoms with Crippen LogP contribution in [0.4, 0.5) is 0 Å². The van der Waals surface area contributed by atoms with Crippen molar-refractivity contribution in [3.05, 3.63) is 5.53 Å². The van der Waals surface area contributed by atoms with Crippen LogP contribution in [0.25, 0.3) is 5.53 Å². The minimum atomic E-state index is 0. The molecule has 0 saturated heterocycles. The molecular weight excluding hydrogens is 247 g/mol. The van der Waals surface area contributed by atoms with Crippen LogP contribution in [-0.2, 0) is 0 Å². The molecule has 0 aromatic heterocycles. The Labute approximate surface area is 44.6 Å². The summed E-state index contributed by atoms with van der Waals surface area (Å²) in [7, 11) is 0. The monoisotopic (exact) mass is 252 g/mol. The SMILES string of the molecule is C=[N+]=[N-].[PbH2]. The van der Waals surface area contributed by atoms with Crippen molar-refractivity contribution in [2.45, 2.75) is 0 Å². The molecule has 0 amide bonds. The van der Waals surface area contributed by atoms with Gasteiger partial charge in [0.15, 0.2) is 0 Å². The molecule has 2 nitrogen and oxygen atoms in total. The fourth-order valence-electron chi connectivity index (χ4n) is 0. The quantitative estimate of drug-likeness (QED) is 0.229. The first-order valence-electron chi connectivity index (χ1n) is 0.516. The fraction of sp³-hybridized carbons (Fsp3) is 0. The van der Waals surface area contributed by atoms with Crippen molar-refractivity contribution in [2.75, 3.05) is 0 Å². The van der Waals surface area contributed by atoms with Crippen LogP contribution in [-0.4, -0.2) is 38.8 Å². The average Bonchev–Trinajstić information content (AvgIpc) is 0.918. The van der Waals surface area contributed by atoms with Gasteiger partial charge in [-0.3, -0.25) is 0 Å².